The smallest absolute Gasteiger partial charge is 0.102 e. The Kier molecular flexibility index (Phi) is 20.0. The number of hydrogen-bond donors (Lipinski definition) is 0. The number of ether oxygens (including phenoxy) is 1. The van der Waals surface area contributed by atoms with Gasteiger partial charge in [0.15, 0.2) is 0 Å². The molecule has 0 aromatic carbocycles. The number of nitrogens with zero attached hydrogens (tertiary/aromatic N) is 1. The summed E-state index contributed by atoms with van der Waals surface area (Å²) in [5, 5.41) is 10.1. The van der Waals surface area contributed by atoms with Gasteiger partial charge < -0.3 is 19.1 Å². The lowest BCUT2D eigenvalue weighted by molar-refractivity contribution is -0.906. The van der Waals surface area contributed by atoms with Crippen LogP contribution in [0.2, 0.25) is 0 Å². The fraction of sp³-hybridized carbons (Fsp3) is 0.950. The van der Waals surface area contributed by atoms with Crippen molar-refractivity contribution >= 4 is 5.97 Å². The molecule has 0 rings (SSSR count). The molecule has 0 amide bonds. The Hall–Kier alpha value is -0.610. The number of carbonyl (C=O) groups excluding carboxylic acids is 1. The summed E-state index contributed by atoms with van der Waals surface area (Å²) in [4.78, 5) is 10.1. The molecule has 0 fully saturated rings. The van der Waals surface area contributed by atoms with Gasteiger partial charge in [-0.15, -0.1) is 0 Å². The van der Waals surface area contributed by atoms with Crippen molar-refractivity contribution in [3.63, 3.8) is 0 Å². The Morgan fingerprint density at radius 2 is 1.33 bits per heavy atom. The molecule has 0 aromatic heterocycles. The van der Waals surface area contributed by atoms with E-state index in [9.17, 15) is 9.90 Å². The number of carboxylic acids is 1. The van der Waals surface area contributed by atoms with E-state index >= 15 is 0 Å². The second-order valence-corrected chi connectivity index (χ2v) is 6.92. The largest absolute Gasteiger partial charge is 0.550 e. The van der Waals surface area contributed by atoms with Gasteiger partial charge in [-0.3, -0.25) is 0 Å². The minimum absolute atomic E-state index is 0.232. The van der Waals surface area contributed by atoms with E-state index in [1.54, 1.807) is 7.11 Å². The van der Waals surface area contributed by atoms with Crippen LogP contribution >= 0.6 is 0 Å². The van der Waals surface area contributed by atoms with E-state index in [0.29, 0.717) is 0 Å². The van der Waals surface area contributed by atoms with Crippen molar-refractivity contribution in [1.29, 1.82) is 0 Å². The van der Waals surface area contributed by atoms with E-state index in [0.717, 1.165) is 30.5 Å². The average molecular weight is 346 g/mol. The van der Waals surface area contributed by atoms with Crippen LogP contribution in [-0.2, 0) is 9.53 Å². The van der Waals surface area contributed by atoms with Crippen molar-refractivity contribution in [3.8, 4) is 0 Å². The number of rotatable bonds is 15. The number of likely N-dealkylation sites (N-methyl/N-ethyl adjacent to an activating group) is 1. The minimum Gasteiger partial charge on any atom is -0.550 e. The number of unbranched alkanes of at least 4 members (excludes halogenated alkanes) is 8. The fourth-order valence-corrected chi connectivity index (χ4v) is 2.43. The molecule has 0 aliphatic heterocycles. The Balaban J connectivity index is 0. The average Bonchev–Trinajstić information content (AvgIpc) is 2.58. The number of aliphatic carboxylic acids is 1. The summed E-state index contributed by atoms with van der Waals surface area (Å²) >= 11 is 0. The molecule has 4 nitrogen and oxygen atoms in total. The normalized spacial score (nSPS) is 11.0. The predicted molar refractivity (Wildman–Crippen MR) is 101 cm³/mol. The van der Waals surface area contributed by atoms with Gasteiger partial charge in [-0.2, -0.15) is 0 Å². The Labute approximate surface area is 151 Å². The van der Waals surface area contributed by atoms with E-state index in [-0.39, 0.29) is 6.42 Å². The van der Waals surface area contributed by atoms with Crippen LogP contribution in [0.1, 0.15) is 85.0 Å². The quantitative estimate of drug-likeness (QED) is 0.335. The SMILES string of the molecule is CCCCCCCCCCCC(=O)[O-].CC[N+](C)(CC)CCOC. The molecule has 24 heavy (non-hydrogen) atoms. The summed E-state index contributed by atoms with van der Waals surface area (Å²) in [5.74, 6) is -0.909. The molecule has 0 heterocycles. The van der Waals surface area contributed by atoms with E-state index in [4.69, 9.17) is 4.74 Å². The first kappa shape index (κ1) is 25.6. The molecule has 0 bridgehead atoms. The zero-order chi connectivity index (χ0) is 18.7. The first-order valence-corrected chi connectivity index (χ1v) is 9.98. The first-order valence-electron chi connectivity index (χ1n) is 9.98. The number of carboxylic acid groups (broad SMARTS) is 1. The third-order valence-electron chi connectivity index (χ3n) is 4.85. The summed E-state index contributed by atoms with van der Waals surface area (Å²) in [6.07, 6.45) is 11.2. The standard InChI is InChI=1S/C12H24O2.C8H20NO/c1-2-3-4-5-6-7-8-9-10-11-12(13)14;1-5-9(3,6-2)7-8-10-4/h2-11H2,1H3,(H,13,14);5-8H2,1-4H3/q;+1/p-1. The first-order chi connectivity index (χ1) is 11.5. The van der Waals surface area contributed by atoms with Gasteiger partial charge in [0.1, 0.15) is 6.54 Å². The molecule has 0 saturated carbocycles. The van der Waals surface area contributed by atoms with Crippen molar-refractivity contribution < 1.29 is 19.1 Å². The fourth-order valence-electron chi connectivity index (χ4n) is 2.43. The van der Waals surface area contributed by atoms with Crippen molar-refractivity contribution in [3.05, 3.63) is 0 Å². The lowest BCUT2D eigenvalue weighted by Gasteiger charge is -2.31. The van der Waals surface area contributed by atoms with E-state index < -0.39 is 5.97 Å². The van der Waals surface area contributed by atoms with Gasteiger partial charge in [0, 0.05) is 13.1 Å². The topological polar surface area (TPSA) is 49.4 Å². The van der Waals surface area contributed by atoms with Crippen molar-refractivity contribution in [1.82, 2.24) is 0 Å². The van der Waals surface area contributed by atoms with Crippen LogP contribution in [-0.4, -0.2) is 50.9 Å². The highest BCUT2D eigenvalue weighted by Gasteiger charge is 2.14. The molecule has 4 heteroatoms. The molecule has 146 valence electrons. The third kappa shape index (κ3) is 19.4. The predicted octanol–water partition coefficient (Wildman–Crippen LogP) is 3.78. The van der Waals surface area contributed by atoms with Crippen LogP contribution in [0.3, 0.4) is 0 Å². The lowest BCUT2D eigenvalue weighted by atomic mass is 10.1. The number of hydrogen-bond acceptors (Lipinski definition) is 3. The summed E-state index contributed by atoms with van der Waals surface area (Å²) in [5.41, 5.74) is 0. The van der Waals surface area contributed by atoms with Gasteiger partial charge in [-0.1, -0.05) is 58.3 Å². The van der Waals surface area contributed by atoms with Gasteiger partial charge in [0.2, 0.25) is 0 Å². The summed E-state index contributed by atoms with van der Waals surface area (Å²) in [6, 6.07) is 0. The molecule has 0 saturated heterocycles. The molecule has 0 unspecified atom stereocenters. The van der Waals surface area contributed by atoms with Gasteiger partial charge in [-0.25, -0.2) is 0 Å². The Bertz CT molecular complexity index is 266. The summed E-state index contributed by atoms with van der Waals surface area (Å²) in [7, 11) is 4.02. The summed E-state index contributed by atoms with van der Waals surface area (Å²) < 4.78 is 6.14. The molecule has 0 atom stereocenters. The minimum atomic E-state index is -0.909. The maximum Gasteiger partial charge on any atom is 0.102 e. The van der Waals surface area contributed by atoms with Crippen molar-refractivity contribution in [2.24, 2.45) is 0 Å². The number of carbonyl (C=O) groups is 1. The van der Waals surface area contributed by atoms with E-state index in [1.165, 1.54) is 58.0 Å². The lowest BCUT2D eigenvalue weighted by Crippen LogP contribution is -2.45. The van der Waals surface area contributed by atoms with Gasteiger partial charge in [0.05, 0.1) is 26.7 Å². The van der Waals surface area contributed by atoms with E-state index in [2.05, 4.69) is 27.8 Å². The van der Waals surface area contributed by atoms with Crippen LogP contribution in [0.4, 0.5) is 0 Å². The monoisotopic (exact) mass is 345 g/mol. The maximum absolute atomic E-state index is 10.1. The molecular weight excluding hydrogens is 302 g/mol. The van der Waals surface area contributed by atoms with Crippen LogP contribution in [0.5, 0.6) is 0 Å². The number of quaternary nitrogens is 1. The zero-order valence-corrected chi connectivity index (χ0v) is 17.1. The maximum atomic E-state index is 10.1. The second-order valence-electron chi connectivity index (χ2n) is 6.92. The van der Waals surface area contributed by atoms with Crippen LogP contribution in [0.15, 0.2) is 0 Å². The van der Waals surface area contributed by atoms with Crippen LogP contribution < -0.4 is 5.11 Å². The second kappa shape index (κ2) is 18.7. The molecule has 0 aromatic rings. The van der Waals surface area contributed by atoms with Gasteiger partial charge in [-0.05, 0) is 26.7 Å². The zero-order valence-electron chi connectivity index (χ0n) is 17.1. The molecule has 0 radical (unpaired) electrons. The molecule has 0 aliphatic rings. The summed E-state index contributed by atoms with van der Waals surface area (Å²) in [6.45, 7) is 11.1. The number of methoxy groups -OCH3 is 1. The van der Waals surface area contributed by atoms with Crippen LogP contribution in [0, 0.1) is 0 Å². The highest BCUT2D eigenvalue weighted by molar-refractivity contribution is 5.63. The van der Waals surface area contributed by atoms with E-state index in [1.807, 2.05) is 0 Å². The third-order valence-corrected chi connectivity index (χ3v) is 4.85. The van der Waals surface area contributed by atoms with Crippen molar-refractivity contribution in [2.45, 2.75) is 85.0 Å². The van der Waals surface area contributed by atoms with Crippen LogP contribution in [0.25, 0.3) is 0 Å². The van der Waals surface area contributed by atoms with Crippen molar-refractivity contribution in [2.75, 3.05) is 40.4 Å². The highest BCUT2D eigenvalue weighted by Crippen LogP contribution is 2.10. The molecular formula is C20H43NO3. The highest BCUT2D eigenvalue weighted by atomic mass is 16.5. The Morgan fingerprint density at radius 3 is 1.71 bits per heavy atom. The molecule has 0 aliphatic carbocycles. The van der Waals surface area contributed by atoms with Gasteiger partial charge >= 0.3 is 0 Å². The van der Waals surface area contributed by atoms with Gasteiger partial charge in [0.25, 0.3) is 0 Å². The molecule has 0 N–H and O–H groups in total. The Morgan fingerprint density at radius 1 is 0.875 bits per heavy atom. The molecule has 0 spiro atoms.